The van der Waals surface area contributed by atoms with Crippen LogP contribution in [-0.4, -0.2) is 35.9 Å². The predicted octanol–water partition coefficient (Wildman–Crippen LogP) is 4.16. The van der Waals surface area contributed by atoms with Gasteiger partial charge in [0.2, 0.25) is 0 Å². The van der Waals surface area contributed by atoms with Gasteiger partial charge in [-0.2, -0.15) is 0 Å². The normalized spacial score (nSPS) is 28.4. The maximum Gasteiger partial charge on any atom is 0.191 e. The number of ether oxygens (including phenoxy) is 1. The van der Waals surface area contributed by atoms with Crippen LogP contribution in [0, 0.1) is 5.92 Å². The third kappa shape index (κ3) is 4.75. The molecule has 3 aliphatic rings. The molecule has 2 fully saturated rings. The van der Waals surface area contributed by atoms with Gasteiger partial charge in [0.05, 0.1) is 12.1 Å². The van der Waals surface area contributed by atoms with Crippen LogP contribution in [0.2, 0.25) is 0 Å². The van der Waals surface area contributed by atoms with Crippen molar-refractivity contribution in [2.24, 2.45) is 10.9 Å². The summed E-state index contributed by atoms with van der Waals surface area (Å²) in [5.74, 6) is 2.17. The van der Waals surface area contributed by atoms with Gasteiger partial charge in [-0.05, 0) is 51.5 Å². The summed E-state index contributed by atoms with van der Waals surface area (Å²) in [6.45, 7) is 3.61. The lowest BCUT2D eigenvalue weighted by Crippen LogP contribution is -2.46. The minimum absolute atomic E-state index is 0. The number of hydrogen-bond donors (Lipinski definition) is 3. The molecule has 3 N–H and O–H groups in total. The minimum atomic E-state index is -0.192. The number of hydrogen-bond acceptors (Lipinski definition) is 3. The Morgan fingerprint density at radius 1 is 1.21 bits per heavy atom. The SMILES string of the molecule is CCNC(=NCC1CCCC1O)NC1CC2(CCCC2)Oc2ccccc21.I. The average molecular weight is 499 g/mol. The molecule has 3 atom stereocenters. The summed E-state index contributed by atoms with van der Waals surface area (Å²) in [5, 5.41) is 17.2. The van der Waals surface area contributed by atoms with Gasteiger partial charge in [0.1, 0.15) is 11.4 Å². The fraction of sp³-hybridized carbons (Fsp3) is 0.682. The highest BCUT2D eigenvalue weighted by molar-refractivity contribution is 14.0. The van der Waals surface area contributed by atoms with Crippen molar-refractivity contribution in [3.63, 3.8) is 0 Å². The Bertz CT molecular complexity index is 676. The average Bonchev–Trinajstić information content (AvgIpc) is 3.29. The number of halogens is 1. The summed E-state index contributed by atoms with van der Waals surface area (Å²) < 4.78 is 6.47. The molecular formula is C22H34IN3O2. The maximum absolute atomic E-state index is 10.1. The molecule has 5 nitrogen and oxygen atoms in total. The molecule has 1 aromatic carbocycles. The number of fused-ring (bicyclic) bond motifs is 1. The first-order chi connectivity index (χ1) is 13.2. The predicted molar refractivity (Wildman–Crippen MR) is 124 cm³/mol. The number of aliphatic hydroxyl groups excluding tert-OH is 1. The van der Waals surface area contributed by atoms with Crippen LogP contribution in [0.5, 0.6) is 5.75 Å². The Balaban J connectivity index is 0.00000225. The molecule has 6 heteroatoms. The third-order valence-electron chi connectivity index (χ3n) is 6.47. The second-order valence-corrected chi connectivity index (χ2v) is 8.41. The Morgan fingerprint density at radius 3 is 2.71 bits per heavy atom. The lowest BCUT2D eigenvalue weighted by Gasteiger charge is -2.40. The van der Waals surface area contributed by atoms with Crippen molar-refractivity contribution in [1.29, 1.82) is 0 Å². The molecule has 0 saturated heterocycles. The summed E-state index contributed by atoms with van der Waals surface area (Å²) in [6.07, 6.45) is 8.69. The number of para-hydroxylation sites is 1. The molecule has 1 heterocycles. The van der Waals surface area contributed by atoms with E-state index in [2.05, 4.69) is 41.8 Å². The molecule has 0 bridgehead atoms. The quantitative estimate of drug-likeness (QED) is 0.331. The number of aliphatic imine (C=N–C) groups is 1. The van der Waals surface area contributed by atoms with Crippen LogP contribution in [0.15, 0.2) is 29.3 Å². The highest BCUT2D eigenvalue weighted by atomic mass is 127. The second kappa shape index (κ2) is 9.65. The Labute approximate surface area is 185 Å². The van der Waals surface area contributed by atoms with Crippen molar-refractivity contribution in [1.82, 2.24) is 10.6 Å². The summed E-state index contributed by atoms with van der Waals surface area (Å²) >= 11 is 0. The van der Waals surface area contributed by atoms with Gasteiger partial charge in [0, 0.05) is 31.0 Å². The number of aliphatic hydroxyl groups is 1. The van der Waals surface area contributed by atoms with Gasteiger partial charge in [-0.1, -0.05) is 24.6 Å². The van der Waals surface area contributed by atoms with E-state index in [1.807, 2.05) is 0 Å². The van der Waals surface area contributed by atoms with Crippen LogP contribution >= 0.6 is 24.0 Å². The van der Waals surface area contributed by atoms with Crippen LogP contribution in [-0.2, 0) is 0 Å². The zero-order valence-corrected chi connectivity index (χ0v) is 19.2. The standard InChI is InChI=1S/C22H33N3O2.HI/c1-2-23-21(24-15-16-8-7-10-19(16)26)25-18-14-22(12-5-6-13-22)27-20-11-4-3-9-17(18)20;/h3-4,9,11,16,18-19,26H,2,5-8,10,12-15H2,1H3,(H2,23,24,25);1H. The highest BCUT2D eigenvalue weighted by Crippen LogP contribution is 2.46. The molecule has 1 spiro atoms. The molecule has 2 aliphatic carbocycles. The van der Waals surface area contributed by atoms with Crippen molar-refractivity contribution in [2.45, 2.75) is 76.0 Å². The Morgan fingerprint density at radius 2 is 2.00 bits per heavy atom. The number of rotatable bonds is 4. The molecule has 3 unspecified atom stereocenters. The molecule has 0 radical (unpaired) electrons. The first-order valence-corrected chi connectivity index (χ1v) is 10.7. The van der Waals surface area contributed by atoms with E-state index in [0.29, 0.717) is 12.5 Å². The van der Waals surface area contributed by atoms with Gasteiger partial charge in [0.25, 0.3) is 0 Å². The van der Waals surface area contributed by atoms with Crippen molar-refractivity contribution in [3.8, 4) is 5.75 Å². The molecular weight excluding hydrogens is 465 g/mol. The number of nitrogens with zero attached hydrogens (tertiary/aromatic N) is 1. The van der Waals surface area contributed by atoms with E-state index in [1.165, 1.54) is 18.4 Å². The van der Waals surface area contributed by atoms with Crippen LogP contribution in [0.25, 0.3) is 0 Å². The number of guanidine groups is 1. The monoisotopic (exact) mass is 499 g/mol. The van der Waals surface area contributed by atoms with Crippen molar-refractivity contribution < 1.29 is 9.84 Å². The molecule has 28 heavy (non-hydrogen) atoms. The Kier molecular flexibility index (Phi) is 7.48. The van der Waals surface area contributed by atoms with Crippen LogP contribution in [0.1, 0.15) is 69.9 Å². The lowest BCUT2D eigenvalue weighted by atomic mass is 9.86. The molecule has 0 aromatic heterocycles. The summed E-state index contributed by atoms with van der Waals surface area (Å²) in [7, 11) is 0. The molecule has 4 rings (SSSR count). The molecule has 1 aliphatic heterocycles. The van der Waals surface area contributed by atoms with E-state index in [1.54, 1.807) is 0 Å². The van der Waals surface area contributed by atoms with E-state index in [0.717, 1.165) is 56.8 Å². The fourth-order valence-electron chi connectivity index (χ4n) is 5.00. The van der Waals surface area contributed by atoms with Crippen molar-refractivity contribution in [2.75, 3.05) is 13.1 Å². The maximum atomic E-state index is 10.1. The molecule has 1 aromatic rings. The van der Waals surface area contributed by atoms with E-state index in [4.69, 9.17) is 9.73 Å². The number of benzene rings is 1. The van der Waals surface area contributed by atoms with Gasteiger partial charge in [-0.15, -0.1) is 24.0 Å². The Hall–Kier alpha value is -1.02. The topological polar surface area (TPSA) is 65.9 Å². The first-order valence-electron chi connectivity index (χ1n) is 10.7. The van der Waals surface area contributed by atoms with Gasteiger partial charge >= 0.3 is 0 Å². The first kappa shape index (κ1) is 21.7. The smallest absolute Gasteiger partial charge is 0.191 e. The zero-order chi connectivity index (χ0) is 18.7. The van der Waals surface area contributed by atoms with Gasteiger partial charge < -0.3 is 20.5 Å². The minimum Gasteiger partial charge on any atom is -0.487 e. The summed E-state index contributed by atoms with van der Waals surface area (Å²) in [5.41, 5.74) is 1.20. The van der Waals surface area contributed by atoms with Crippen LogP contribution < -0.4 is 15.4 Å². The van der Waals surface area contributed by atoms with E-state index in [9.17, 15) is 5.11 Å². The largest absolute Gasteiger partial charge is 0.487 e. The zero-order valence-electron chi connectivity index (χ0n) is 16.8. The lowest BCUT2D eigenvalue weighted by molar-refractivity contribution is 0.0396. The van der Waals surface area contributed by atoms with E-state index in [-0.39, 0.29) is 41.7 Å². The molecule has 0 amide bonds. The third-order valence-corrected chi connectivity index (χ3v) is 6.47. The van der Waals surface area contributed by atoms with Gasteiger partial charge in [0.15, 0.2) is 5.96 Å². The summed E-state index contributed by atoms with van der Waals surface area (Å²) in [6, 6.07) is 8.62. The molecule has 2 saturated carbocycles. The number of nitrogens with one attached hydrogen (secondary N) is 2. The molecule has 156 valence electrons. The van der Waals surface area contributed by atoms with Gasteiger partial charge in [-0.25, -0.2) is 0 Å². The van der Waals surface area contributed by atoms with Crippen molar-refractivity contribution in [3.05, 3.63) is 29.8 Å². The van der Waals surface area contributed by atoms with Crippen molar-refractivity contribution >= 4 is 29.9 Å². The highest BCUT2D eigenvalue weighted by Gasteiger charge is 2.43. The van der Waals surface area contributed by atoms with Crippen LogP contribution in [0.3, 0.4) is 0 Å². The van der Waals surface area contributed by atoms with E-state index >= 15 is 0 Å². The van der Waals surface area contributed by atoms with Gasteiger partial charge in [-0.3, -0.25) is 4.99 Å². The summed E-state index contributed by atoms with van der Waals surface area (Å²) in [4.78, 5) is 4.82. The van der Waals surface area contributed by atoms with Crippen LogP contribution in [0.4, 0.5) is 0 Å². The van der Waals surface area contributed by atoms with E-state index < -0.39 is 0 Å². The second-order valence-electron chi connectivity index (χ2n) is 8.41. The fourth-order valence-corrected chi connectivity index (χ4v) is 5.00.